The van der Waals surface area contributed by atoms with Gasteiger partial charge in [0.2, 0.25) is 11.3 Å². The lowest BCUT2D eigenvalue weighted by Gasteiger charge is -2.36. The lowest BCUT2D eigenvalue weighted by atomic mass is 10.0. The molecule has 56 heavy (non-hydrogen) atoms. The van der Waals surface area contributed by atoms with Crippen molar-refractivity contribution >= 4 is 46.0 Å². The molecule has 2 N–H and O–H groups in total. The number of nitrogens with one attached hydrogen (secondary N) is 1. The van der Waals surface area contributed by atoms with E-state index < -0.39 is 53.0 Å². The smallest absolute Gasteiger partial charge is 0.416 e. The van der Waals surface area contributed by atoms with Crippen LogP contribution in [-0.4, -0.2) is 90.7 Å². The third kappa shape index (κ3) is 6.48. The van der Waals surface area contributed by atoms with Gasteiger partial charge in [0.1, 0.15) is 23.9 Å². The number of pyridine rings is 1. The predicted molar refractivity (Wildman–Crippen MR) is 191 cm³/mol. The van der Waals surface area contributed by atoms with Crippen molar-refractivity contribution in [1.29, 1.82) is 0 Å². The zero-order chi connectivity index (χ0) is 39.6. The zero-order valence-corrected chi connectivity index (χ0v) is 30.4. The summed E-state index contributed by atoms with van der Waals surface area (Å²) >= 11 is 6.19. The molecule has 6 heterocycles. The molecule has 8 rings (SSSR count). The Labute approximate surface area is 319 Å². The average Bonchev–Trinajstić information content (AvgIpc) is 3.93. The quantitative estimate of drug-likeness (QED) is 0.224. The fourth-order valence-corrected chi connectivity index (χ4v) is 7.56. The molecule has 2 aromatic carbocycles. The Balaban J connectivity index is 1.18. The number of fused-ring (bicyclic) bond motifs is 3. The number of aromatic nitrogens is 6. The minimum absolute atomic E-state index is 0.0205. The number of piperazine rings is 1. The number of carbonyl (C=O) groups is 2. The Kier molecular flexibility index (Phi) is 9.40. The first-order chi connectivity index (χ1) is 26.7. The molecule has 0 spiro atoms. The van der Waals surface area contributed by atoms with Crippen LogP contribution in [0.15, 0.2) is 47.5 Å². The topological polar surface area (TPSA) is 170 Å². The van der Waals surface area contributed by atoms with Crippen LogP contribution in [0.5, 0.6) is 5.75 Å². The van der Waals surface area contributed by atoms with E-state index in [2.05, 4.69) is 25.5 Å². The number of amides is 2. The molecule has 2 fully saturated rings. The van der Waals surface area contributed by atoms with Crippen LogP contribution in [0.4, 0.5) is 28.9 Å². The summed E-state index contributed by atoms with van der Waals surface area (Å²) in [5.41, 5.74) is -0.549. The summed E-state index contributed by atoms with van der Waals surface area (Å²) in [7, 11) is 0. The second kappa shape index (κ2) is 14.1. The van der Waals surface area contributed by atoms with Crippen LogP contribution < -0.4 is 15.6 Å². The molecular weight excluding hydrogens is 766 g/mol. The van der Waals surface area contributed by atoms with Gasteiger partial charge in [0.05, 0.1) is 46.6 Å². The Hall–Kier alpha value is -5.66. The molecule has 5 aromatic rings. The Morgan fingerprint density at radius 3 is 2.43 bits per heavy atom. The van der Waals surface area contributed by atoms with Crippen LogP contribution in [0.2, 0.25) is 5.02 Å². The SMILES string of the molecule is Cc1ncnc(C(=O)N2CCN(c3c4n(c5nn(-c6ccc(C7OCCO7)c(F)c6)nc5c3=O)C(C(=O)Nc3ccc(C(F)(F)F)cc3Cl)CC4C)CC2)c1O. The van der Waals surface area contributed by atoms with Gasteiger partial charge in [-0.15, -0.1) is 15.0 Å². The lowest BCUT2D eigenvalue weighted by molar-refractivity contribution is -0.137. The largest absolute Gasteiger partial charge is 0.504 e. The van der Waals surface area contributed by atoms with Gasteiger partial charge in [-0.25, -0.2) is 14.4 Å². The number of rotatable bonds is 6. The summed E-state index contributed by atoms with van der Waals surface area (Å²) in [6.45, 7) is 4.65. The maximum atomic E-state index is 15.4. The molecule has 3 aromatic heterocycles. The highest BCUT2D eigenvalue weighted by Crippen LogP contribution is 2.43. The molecule has 3 aliphatic heterocycles. The molecule has 15 nitrogen and oxygen atoms in total. The normalized spacial score (nSPS) is 18.8. The van der Waals surface area contributed by atoms with Gasteiger partial charge in [-0.2, -0.15) is 13.2 Å². The molecule has 2 amide bonds. The molecule has 0 aliphatic carbocycles. The first kappa shape index (κ1) is 37.3. The van der Waals surface area contributed by atoms with Crippen molar-refractivity contribution in [3.05, 3.63) is 92.0 Å². The third-order valence-electron chi connectivity index (χ3n) is 10.2. The summed E-state index contributed by atoms with van der Waals surface area (Å²) in [4.78, 5) is 54.1. The molecule has 0 saturated carbocycles. The van der Waals surface area contributed by atoms with Crippen molar-refractivity contribution in [3.8, 4) is 11.4 Å². The van der Waals surface area contributed by atoms with Gasteiger partial charge in [0.15, 0.2) is 28.9 Å². The van der Waals surface area contributed by atoms with Crippen molar-refractivity contribution in [2.45, 2.75) is 44.7 Å². The van der Waals surface area contributed by atoms with E-state index >= 15 is 4.39 Å². The van der Waals surface area contributed by atoms with Crippen molar-refractivity contribution in [2.75, 3.05) is 49.6 Å². The van der Waals surface area contributed by atoms with Crippen molar-refractivity contribution in [2.24, 2.45) is 0 Å². The number of aromatic hydroxyl groups is 1. The number of hydrogen-bond donors (Lipinski definition) is 2. The van der Waals surface area contributed by atoms with Crippen LogP contribution in [0.3, 0.4) is 0 Å². The zero-order valence-electron chi connectivity index (χ0n) is 29.7. The van der Waals surface area contributed by atoms with Gasteiger partial charge in [0, 0.05) is 43.7 Å². The standard InChI is InChI=1S/C36H32ClF4N9O6/c1-17-13-25(33(53)44-24-6-3-19(14-22(24)37)36(39,40)41)49-28(17)29(47-7-9-48(10-8-47)34(54)27-30(51)18(2)42-16-43-27)31(52)26-32(49)46-50(45-26)20-4-5-21(23(38)15-20)35-55-11-12-56-35/h3-6,14-17,25,35,51H,7-13H2,1-2H3,(H,44,53). The highest BCUT2D eigenvalue weighted by atomic mass is 35.5. The van der Waals surface area contributed by atoms with Crippen LogP contribution in [-0.2, 0) is 20.4 Å². The summed E-state index contributed by atoms with van der Waals surface area (Å²) in [6, 6.07) is 5.72. The molecule has 2 saturated heterocycles. The van der Waals surface area contributed by atoms with E-state index in [0.29, 0.717) is 25.0 Å². The second-order valence-electron chi connectivity index (χ2n) is 13.6. The summed E-state index contributed by atoms with van der Waals surface area (Å²) < 4.78 is 67.8. The van der Waals surface area contributed by atoms with Crippen molar-refractivity contribution in [1.82, 2.24) is 34.4 Å². The number of hydrogen-bond acceptors (Lipinski definition) is 11. The van der Waals surface area contributed by atoms with Crippen molar-refractivity contribution < 1.29 is 41.7 Å². The highest BCUT2D eigenvalue weighted by molar-refractivity contribution is 6.33. The predicted octanol–water partition coefficient (Wildman–Crippen LogP) is 4.89. The van der Waals surface area contributed by atoms with Gasteiger partial charge in [-0.05, 0) is 43.7 Å². The molecule has 20 heteroatoms. The van der Waals surface area contributed by atoms with E-state index in [1.807, 2.05) is 6.92 Å². The fraction of sp³-hybridized carbons (Fsp3) is 0.361. The third-order valence-corrected chi connectivity index (χ3v) is 10.5. The number of anilines is 2. The van der Waals surface area contributed by atoms with Crippen LogP contribution in [0.1, 0.15) is 64.6 Å². The Bertz CT molecular complexity index is 2460. The van der Waals surface area contributed by atoms with E-state index in [9.17, 15) is 32.7 Å². The van der Waals surface area contributed by atoms with Crippen molar-refractivity contribution in [3.63, 3.8) is 0 Å². The Morgan fingerprint density at radius 2 is 1.75 bits per heavy atom. The number of carbonyl (C=O) groups excluding carboxylic acids is 2. The van der Waals surface area contributed by atoms with Crippen LogP contribution in [0, 0.1) is 12.7 Å². The summed E-state index contributed by atoms with van der Waals surface area (Å²) in [5, 5.41) is 21.8. The van der Waals surface area contributed by atoms with Gasteiger partial charge >= 0.3 is 6.18 Å². The van der Waals surface area contributed by atoms with Gasteiger partial charge in [-0.3, -0.25) is 14.4 Å². The second-order valence-corrected chi connectivity index (χ2v) is 14.1. The number of halogens is 5. The molecule has 0 radical (unpaired) electrons. The first-order valence-corrected chi connectivity index (χ1v) is 17.9. The van der Waals surface area contributed by atoms with Gasteiger partial charge in [0.25, 0.3) is 5.91 Å². The number of aryl methyl sites for hydroxylation is 1. The summed E-state index contributed by atoms with van der Waals surface area (Å²) in [5.74, 6) is -2.55. The van der Waals surface area contributed by atoms with Gasteiger partial charge in [-0.1, -0.05) is 18.5 Å². The lowest BCUT2D eigenvalue weighted by Crippen LogP contribution is -2.50. The number of nitrogens with zero attached hydrogens (tertiary/aromatic N) is 8. The maximum absolute atomic E-state index is 15.4. The molecule has 2 unspecified atom stereocenters. The molecule has 3 aliphatic rings. The number of benzene rings is 2. The molecule has 0 bridgehead atoms. The molecule has 2 atom stereocenters. The monoisotopic (exact) mass is 797 g/mol. The first-order valence-electron chi connectivity index (χ1n) is 17.5. The highest BCUT2D eigenvalue weighted by Gasteiger charge is 2.41. The molecular formula is C36H32ClF4N9O6. The van der Waals surface area contributed by atoms with Crippen LogP contribution in [0.25, 0.3) is 16.9 Å². The Morgan fingerprint density at radius 1 is 1.02 bits per heavy atom. The van der Waals surface area contributed by atoms with E-state index in [0.717, 1.165) is 16.9 Å². The van der Waals surface area contributed by atoms with E-state index in [1.165, 1.54) is 29.4 Å². The maximum Gasteiger partial charge on any atom is 0.416 e. The number of ether oxygens (including phenoxy) is 2. The molecule has 292 valence electrons. The minimum atomic E-state index is -4.65. The van der Waals surface area contributed by atoms with E-state index in [1.54, 1.807) is 16.4 Å². The van der Waals surface area contributed by atoms with Crippen LogP contribution >= 0.6 is 11.6 Å². The average molecular weight is 798 g/mol. The van der Waals surface area contributed by atoms with Gasteiger partial charge < -0.3 is 34.3 Å². The minimum Gasteiger partial charge on any atom is -0.504 e. The van der Waals surface area contributed by atoms with E-state index in [-0.39, 0.29) is 88.5 Å². The summed E-state index contributed by atoms with van der Waals surface area (Å²) in [6.07, 6.45) is -4.18. The van der Waals surface area contributed by atoms with E-state index in [4.69, 9.17) is 21.1 Å². The number of alkyl halides is 3. The fourth-order valence-electron chi connectivity index (χ4n) is 7.33.